The van der Waals surface area contributed by atoms with Crippen LogP contribution in [0.3, 0.4) is 0 Å². The molecule has 0 saturated heterocycles. The van der Waals surface area contributed by atoms with Crippen molar-refractivity contribution in [1.82, 2.24) is 4.98 Å². The summed E-state index contributed by atoms with van der Waals surface area (Å²) in [5, 5.41) is 3.15. The first-order chi connectivity index (χ1) is 15.3. The van der Waals surface area contributed by atoms with Crippen molar-refractivity contribution < 1.29 is 14.0 Å². The molecule has 1 aromatic heterocycles. The monoisotopic (exact) mass is 439 g/mol. The van der Waals surface area contributed by atoms with Gasteiger partial charge in [-0.05, 0) is 55.8 Å². The molecule has 0 spiro atoms. The van der Waals surface area contributed by atoms with Gasteiger partial charge >= 0.3 is 0 Å². The number of hydrogen-bond acceptors (Lipinski definition) is 5. The van der Waals surface area contributed by atoms with Crippen LogP contribution in [0.25, 0.3) is 0 Å². The smallest absolute Gasteiger partial charge is 0.199 e. The zero-order chi connectivity index (χ0) is 23.9. The fraction of sp³-hybridized carbons (Fsp3) is 0.346. The van der Waals surface area contributed by atoms with Crippen LogP contribution in [0.1, 0.15) is 36.2 Å². The highest BCUT2D eigenvalue weighted by Gasteiger charge is 2.15. The SMILES string of the molecule is C=C/C=C\C.CC1CNc2cc(F)cnc2C1.Cc1ccc(CC(=O)C=O)cc1CCN. The van der Waals surface area contributed by atoms with Gasteiger partial charge in [0.25, 0.3) is 0 Å². The number of hydrogen-bond donors (Lipinski definition) is 2. The maximum Gasteiger partial charge on any atom is 0.199 e. The summed E-state index contributed by atoms with van der Waals surface area (Å²) in [4.78, 5) is 25.2. The number of ketones is 1. The lowest BCUT2D eigenvalue weighted by molar-refractivity contribution is -0.129. The predicted octanol–water partition coefficient (Wildman–Crippen LogP) is 4.38. The van der Waals surface area contributed by atoms with Crippen LogP contribution in [0.15, 0.2) is 55.3 Å². The van der Waals surface area contributed by atoms with E-state index in [1.165, 1.54) is 17.8 Å². The molecule has 0 bridgehead atoms. The minimum absolute atomic E-state index is 0.182. The first-order valence-electron chi connectivity index (χ1n) is 10.7. The summed E-state index contributed by atoms with van der Waals surface area (Å²) >= 11 is 0. The number of halogens is 1. The van der Waals surface area contributed by atoms with Gasteiger partial charge in [0, 0.05) is 19.0 Å². The molecule has 0 aliphatic carbocycles. The third kappa shape index (κ3) is 9.79. The van der Waals surface area contributed by atoms with E-state index in [0.717, 1.165) is 41.9 Å². The van der Waals surface area contributed by atoms with Crippen LogP contribution < -0.4 is 11.1 Å². The van der Waals surface area contributed by atoms with Crippen molar-refractivity contribution in [2.24, 2.45) is 11.7 Å². The van der Waals surface area contributed by atoms with Crippen LogP contribution >= 0.6 is 0 Å². The molecule has 2 heterocycles. The topological polar surface area (TPSA) is 85.1 Å². The molecule has 1 aliphatic rings. The molecular formula is C26H34FN3O2. The van der Waals surface area contributed by atoms with E-state index in [1.807, 2.05) is 44.2 Å². The largest absolute Gasteiger partial charge is 0.383 e. The highest BCUT2D eigenvalue weighted by molar-refractivity contribution is 6.25. The van der Waals surface area contributed by atoms with Crippen molar-refractivity contribution in [3.63, 3.8) is 0 Å². The van der Waals surface area contributed by atoms with Crippen LogP contribution in [0, 0.1) is 18.7 Å². The van der Waals surface area contributed by atoms with E-state index in [1.54, 1.807) is 6.08 Å². The average Bonchev–Trinajstić information content (AvgIpc) is 2.78. The van der Waals surface area contributed by atoms with E-state index < -0.39 is 5.78 Å². The van der Waals surface area contributed by atoms with Gasteiger partial charge in [0.2, 0.25) is 0 Å². The molecule has 1 aliphatic heterocycles. The number of aromatic nitrogens is 1. The van der Waals surface area contributed by atoms with Gasteiger partial charge in [0.05, 0.1) is 17.6 Å². The zero-order valence-corrected chi connectivity index (χ0v) is 19.2. The van der Waals surface area contributed by atoms with E-state index in [2.05, 4.69) is 23.8 Å². The van der Waals surface area contributed by atoms with Crippen LogP contribution in [0.4, 0.5) is 10.1 Å². The Bertz CT molecular complexity index is 925. The van der Waals surface area contributed by atoms with Gasteiger partial charge in [-0.15, -0.1) is 0 Å². The van der Waals surface area contributed by atoms with Gasteiger partial charge in [-0.2, -0.15) is 0 Å². The number of pyridine rings is 1. The molecule has 0 radical (unpaired) electrons. The molecule has 0 fully saturated rings. The predicted molar refractivity (Wildman–Crippen MR) is 129 cm³/mol. The van der Waals surface area contributed by atoms with Crippen molar-refractivity contribution >= 4 is 17.8 Å². The number of anilines is 1. The number of carbonyl (C=O) groups is 2. The molecule has 0 amide bonds. The molecule has 1 atom stereocenters. The van der Waals surface area contributed by atoms with Crippen molar-refractivity contribution in [2.45, 2.75) is 40.0 Å². The molecule has 2 aromatic rings. The number of allylic oxidation sites excluding steroid dienone is 3. The van der Waals surface area contributed by atoms with E-state index in [4.69, 9.17) is 5.73 Å². The first-order valence-corrected chi connectivity index (χ1v) is 10.7. The maximum absolute atomic E-state index is 12.7. The Hall–Kier alpha value is -3.12. The molecule has 6 heteroatoms. The first kappa shape index (κ1) is 26.9. The number of benzene rings is 1. The number of fused-ring (bicyclic) bond motifs is 1. The normalized spacial score (nSPS) is 14.1. The highest BCUT2D eigenvalue weighted by Crippen LogP contribution is 2.22. The lowest BCUT2D eigenvalue weighted by Crippen LogP contribution is -2.21. The van der Waals surface area contributed by atoms with E-state index in [9.17, 15) is 14.0 Å². The van der Waals surface area contributed by atoms with Crippen LogP contribution in [-0.2, 0) is 28.9 Å². The Morgan fingerprint density at radius 3 is 2.72 bits per heavy atom. The summed E-state index contributed by atoms with van der Waals surface area (Å²) in [7, 11) is 0. The van der Waals surface area contributed by atoms with Crippen molar-refractivity contribution in [1.29, 1.82) is 0 Å². The number of nitrogens with two attached hydrogens (primary N) is 1. The van der Waals surface area contributed by atoms with Crippen molar-refractivity contribution in [3.8, 4) is 0 Å². The number of aldehydes is 1. The number of aryl methyl sites for hydroxylation is 1. The van der Waals surface area contributed by atoms with Gasteiger partial charge in [0.1, 0.15) is 5.82 Å². The van der Waals surface area contributed by atoms with E-state index in [0.29, 0.717) is 18.7 Å². The molecule has 1 unspecified atom stereocenters. The second-order valence-corrected chi connectivity index (χ2v) is 7.66. The molecular weight excluding hydrogens is 405 g/mol. The molecule has 0 saturated carbocycles. The number of Topliss-reactive ketones (excluding diaryl/α,β-unsaturated/α-hetero) is 1. The zero-order valence-electron chi connectivity index (χ0n) is 19.2. The standard InChI is InChI=1S/C12H15NO2.C9H11FN2.C5H8/c1-9-2-3-10(7-12(15)8-14)6-11(9)4-5-13;1-6-2-8-9(11-4-6)3-7(10)5-12-8;1-3-5-4-2/h2-3,6,8H,4-5,7,13H2,1H3;3,5-6,11H,2,4H2,1H3;3-5H,1H2,2H3/b;;5-4-. The van der Waals surface area contributed by atoms with Gasteiger partial charge < -0.3 is 11.1 Å². The minimum Gasteiger partial charge on any atom is -0.383 e. The molecule has 5 nitrogen and oxygen atoms in total. The van der Waals surface area contributed by atoms with Crippen LogP contribution in [-0.4, -0.2) is 30.1 Å². The average molecular weight is 440 g/mol. The lowest BCUT2D eigenvalue weighted by Gasteiger charge is -2.21. The van der Waals surface area contributed by atoms with E-state index >= 15 is 0 Å². The third-order valence-corrected chi connectivity index (χ3v) is 4.79. The summed E-state index contributed by atoms with van der Waals surface area (Å²) in [6.45, 7) is 11.1. The number of nitrogens with zero attached hydrogens (tertiary/aromatic N) is 1. The summed E-state index contributed by atoms with van der Waals surface area (Å²) in [6, 6.07) is 7.28. The Balaban J connectivity index is 0.000000269. The van der Waals surface area contributed by atoms with Crippen molar-refractivity contribution in [3.05, 3.63) is 83.5 Å². The van der Waals surface area contributed by atoms with Crippen molar-refractivity contribution in [2.75, 3.05) is 18.4 Å². The fourth-order valence-electron chi connectivity index (χ4n) is 3.11. The third-order valence-electron chi connectivity index (χ3n) is 4.79. The number of carbonyl (C=O) groups excluding carboxylic acids is 2. The molecule has 1 aromatic carbocycles. The van der Waals surface area contributed by atoms with Gasteiger partial charge in [-0.25, -0.2) is 4.39 Å². The van der Waals surface area contributed by atoms with Crippen LogP contribution in [0.5, 0.6) is 0 Å². The summed E-state index contributed by atoms with van der Waals surface area (Å²) in [5.41, 5.74) is 10.5. The maximum atomic E-state index is 12.7. The second kappa shape index (κ2) is 14.8. The molecule has 32 heavy (non-hydrogen) atoms. The Morgan fingerprint density at radius 1 is 1.38 bits per heavy atom. The van der Waals surface area contributed by atoms with Gasteiger partial charge in [0.15, 0.2) is 12.1 Å². The Morgan fingerprint density at radius 2 is 2.12 bits per heavy atom. The summed E-state index contributed by atoms with van der Waals surface area (Å²) in [5.74, 6) is -0.0659. The Kier molecular flexibility index (Phi) is 12.5. The molecule has 172 valence electrons. The fourth-order valence-corrected chi connectivity index (χ4v) is 3.11. The number of nitrogens with one attached hydrogen (secondary N) is 1. The van der Waals surface area contributed by atoms with Gasteiger partial charge in [-0.1, -0.05) is 49.9 Å². The number of rotatable bonds is 6. The quantitative estimate of drug-likeness (QED) is 0.396. The lowest BCUT2D eigenvalue weighted by atomic mass is 10.00. The molecule has 3 N–H and O–H groups in total. The summed E-state index contributed by atoms with van der Waals surface area (Å²) in [6.07, 6.45) is 9.15. The second-order valence-electron chi connectivity index (χ2n) is 7.66. The van der Waals surface area contributed by atoms with Crippen LogP contribution in [0.2, 0.25) is 0 Å². The Labute approximate surface area is 190 Å². The highest BCUT2D eigenvalue weighted by atomic mass is 19.1. The molecule has 3 rings (SSSR count). The van der Waals surface area contributed by atoms with Gasteiger partial charge in [-0.3, -0.25) is 14.6 Å². The summed E-state index contributed by atoms with van der Waals surface area (Å²) < 4.78 is 12.7. The minimum atomic E-state index is -0.391. The van der Waals surface area contributed by atoms with E-state index in [-0.39, 0.29) is 12.2 Å².